The van der Waals surface area contributed by atoms with Crippen molar-refractivity contribution in [2.75, 3.05) is 0 Å². The molecule has 0 fully saturated rings. The monoisotopic (exact) mass is 324 g/mol. The van der Waals surface area contributed by atoms with Crippen molar-refractivity contribution in [2.45, 2.75) is 39.4 Å². The van der Waals surface area contributed by atoms with Gasteiger partial charge in [-0.25, -0.2) is 0 Å². The Kier molecular flexibility index (Phi) is 4.05. The third-order valence-electron chi connectivity index (χ3n) is 5.23. The van der Waals surface area contributed by atoms with Crippen molar-refractivity contribution in [3.8, 4) is 5.30 Å². The predicted octanol–water partition coefficient (Wildman–Crippen LogP) is 6.00. The fourth-order valence-electron chi connectivity index (χ4n) is 3.69. The van der Waals surface area contributed by atoms with Gasteiger partial charge in [0.2, 0.25) is 0 Å². The molecule has 1 aliphatic carbocycles. The van der Waals surface area contributed by atoms with Crippen LogP contribution < -0.4 is 4.92 Å². The van der Waals surface area contributed by atoms with Crippen LogP contribution >= 0.6 is 7.53 Å². The molecule has 3 rings (SSSR count). The lowest BCUT2D eigenvalue weighted by molar-refractivity contribution is 1.30. The van der Waals surface area contributed by atoms with E-state index in [-0.39, 0.29) is 7.53 Å². The van der Waals surface area contributed by atoms with Gasteiger partial charge in [0, 0.05) is 0 Å². The summed E-state index contributed by atoms with van der Waals surface area (Å²) in [4.78, 5) is 1.80. The smallest absolute Gasteiger partial charge is 0.0907 e. The van der Waals surface area contributed by atoms with E-state index in [9.17, 15) is 0 Å². The number of hydrogen-bond donors (Lipinski definition) is 0. The summed E-state index contributed by atoms with van der Waals surface area (Å²) < 4.78 is 0. The van der Waals surface area contributed by atoms with Crippen LogP contribution in [0, 0.1) is 20.8 Å². The molecule has 0 N–H and O–H groups in total. The van der Waals surface area contributed by atoms with Crippen molar-refractivity contribution in [2.24, 2.45) is 0 Å². The molecule has 1 heterocycles. The molecule has 0 spiro atoms. The zero-order valence-electron chi connectivity index (χ0n) is 14.2. The maximum absolute atomic E-state index is 2.56. The van der Waals surface area contributed by atoms with Crippen LogP contribution in [0.1, 0.15) is 16.4 Å². The van der Waals surface area contributed by atoms with Crippen LogP contribution in [0.2, 0.25) is 18.6 Å². The highest BCUT2D eigenvalue weighted by Crippen LogP contribution is 2.48. The van der Waals surface area contributed by atoms with Crippen LogP contribution in [0.3, 0.4) is 0 Å². The Morgan fingerprint density at radius 1 is 0.864 bits per heavy atom. The van der Waals surface area contributed by atoms with Gasteiger partial charge in [0.25, 0.3) is 0 Å². The Labute approximate surface area is 136 Å². The summed E-state index contributed by atoms with van der Waals surface area (Å²) in [5.74, 6) is 0. The zero-order chi connectivity index (χ0) is 15.9. The molecule has 1 aromatic heterocycles. The fraction of sp³-hybridized carbons (Fsp3) is 0.300. The molecule has 2 aromatic rings. The first-order chi connectivity index (χ1) is 10.4. The largest absolute Gasteiger partial charge is 0.0970 e. The van der Waals surface area contributed by atoms with Crippen molar-refractivity contribution >= 4 is 20.5 Å². The molecule has 0 saturated heterocycles. The van der Waals surface area contributed by atoms with E-state index in [1.165, 1.54) is 10.9 Å². The number of benzene rings is 1. The maximum atomic E-state index is 2.56. The third kappa shape index (κ3) is 2.37. The fourth-order valence-corrected chi connectivity index (χ4v) is 12.4. The lowest BCUT2D eigenvalue weighted by Gasteiger charge is -2.30. The van der Waals surface area contributed by atoms with E-state index in [0.29, 0.717) is 5.54 Å². The van der Waals surface area contributed by atoms with Crippen LogP contribution in [0.25, 0.3) is 5.30 Å². The molecule has 114 valence electrons. The molecule has 2 heteroatoms. The molecule has 0 radical (unpaired) electrons. The second-order valence-electron chi connectivity index (χ2n) is 6.87. The molecule has 1 atom stereocenters. The van der Waals surface area contributed by atoms with Gasteiger partial charge >= 0.3 is 0 Å². The van der Waals surface area contributed by atoms with Gasteiger partial charge in [-0.1, -0.05) is 75.3 Å². The standard InChI is InChI=1S/C20H25PSi/c1-15-16(2)20(22(4,5)19-13-9-10-14-19)21(17(15)3)18-11-7-6-8-12-18/h6-14,19H,1-5H3. The summed E-state index contributed by atoms with van der Waals surface area (Å²) in [7, 11) is -1.83. The highest BCUT2D eigenvalue weighted by atomic mass is 31.1. The molecule has 0 saturated carbocycles. The Morgan fingerprint density at radius 2 is 1.45 bits per heavy atom. The van der Waals surface area contributed by atoms with Crippen molar-refractivity contribution in [3.05, 3.63) is 71.1 Å². The molecule has 0 nitrogen and oxygen atoms in total. The second kappa shape index (κ2) is 5.72. The van der Waals surface area contributed by atoms with Crippen LogP contribution in [0.4, 0.5) is 0 Å². The Morgan fingerprint density at radius 3 is 2.05 bits per heavy atom. The van der Waals surface area contributed by atoms with E-state index in [1.807, 2.05) is 0 Å². The number of hydrogen-bond acceptors (Lipinski definition) is 0. The van der Waals surface area contributed by atoms with Gasteiger partial charge in [-0.15, -0.1) is 0 Å². The predicted molar refractivity (Wildman–Crippen MR) is 104 cm³/mol. The third-order valence-corrected chi connectivity index (χ3v) is 13.9. The summed E-state index contributed by atoms with van der Waals surface area (Å²) in [6.07, 6.45) is 9.27. The molecule has 1 unspecified atom stereocenters. The van der Waals surface area contributed by atoms with E-state index in [2.05, 4.69) is 88.5 Å². The highest BCUT2D eigenvalue weighted by Gasteiger charge is 2.37. The molecule has 22 heavy (non-hydrogen) atoms. The van der Waals surface area contributed by atoms with Crippen LogP contribution in [0.5, 0.6) is 0 Å². The first-order valence-corrected chi connectivity index (χ1v) is 12.5. The SMILES string of the molecule is Cc1c(C)c([Si](C)(C)C2C=CC=C2)p(-c2ccccc2)c1C. The molecule has 1 aromatic carbocycles. The quantitative estimate of drug-likeness (QED) is 0.607. The first-order valence-electron chi connectivity index (χ1n) is 8.04. The molecule has 0 bridgehead atoms. The van der Waals surface area contributed by atoms with Crippen molar-refractivity contribution in [3.63, 3.8) is 0 Å². The summed E-state index contributed by atoms with van der Waals surface area (Å²) >= 11 is 0. The lowest BCUT2D eigenvalue weighted by Crippen LogP contribution is -2.44. The maximum Gasteiger partial charge on any atom is 0.0970 e. The van der Waals surface area contributed by atoms with Gasteiger partial charge in [-0.3, -0.25) is 0 Å². The summed E-state index contributed by atoms with van der Waals surface area (Å²) in [5.41, 5.74) is 3.76. The van der Waals surface area contributed by atoms with E-state index in [4.69, 9.17) is 0 Å². The first kappa shape index (κ1) is 15.6. The van der Waals surface area contributed by atoms with Gasteiger partial charge in [0.15, 0.2) is 0 Å². The average Bonchev–Trinajstić information content (AvgIpc) is 3.12. The van der Waals surface area contributed by atoms with E-state index in [1.54, 1.807) is 15.8 Å². The van der Waals surface area contributed by atoms with Gasteiger partial charge in [0.1, 0.15) is 0 Å². The van der Waals surface area contributed by atoms with E-state index in [0.717, 1.165) is 0 Å². The Bertz CT molecular complexity index is 736. The molecule has 1 aliphatic rings. The topological polar surface area (TPSA) is 0 Å². The van der Waals surface area contributed by atoms with E-state index < -0.39 is 8.07 Å². The number of allylic oxidation sites excluding steroid dienone is 4. The van der Waals surface area contributed by atoms with Gasteiger partial charge < -0.3 is 0 Å². The highest BCUT2D eigenvalue weighted by molar-refractivity contribution is 7.65. The molecule has 0 amide bonds. The van der Waals surface area contributed by atoms with Gasteiger partial charge in [0.05, 0.1) is 8.07 Å². The molecular formula is C20H25PSi. The minimum absolute atomic E-state index is 0.294. The van der Waals surface area contributed by atoms with Gasteiger partial charge in [-0.2, -0.15) is 0 Å². The minimum atomic E-state index is -1.54. The van der Waals surface area contributed by atoms with Crippen molar-refractivity contribution in [1.82, 2.24) is 0 Å². The van der Waals surface area contributed by atoms with Crippen LogP contribution in [0.15, 0.2) is 54.6 Å². The van der Waals surface area contributed by atoms with E-state index >= 15 is 0 Å². The van der Waals surface area contributed by atoms with Crippen molar-refractivity contribution < 1.29 is 0 Å². The normalized spacial score (nSPS) is 15.8. The summed E-state index contributed by atoms with van der Waals surface area (Å²) in [6, 6.07) is 11.2. The van der Waals surface area contributed by atoms with Crippen molar-refractivity contribution in [1.29, 1.82) is 0 Å². The average molecular weight is 324 g/mol. The molecule has 0 aliphatic heterocycles. The second-order valence-corrected chi connectivity index (χ2v) is 14.2. The summed E-state index contributed by atoms with van der Waals surface area (Å²) in [5, 5.41) is 3.13. The zero-order valence-corrected chi connectivity index (χ0v) is 16.1. The van der Waals surface area contributed by atoms with Crippen LogP contribution in [-0.4, -0.2) is 8.07 Å². The Balaban J connectivity index is 2.25. The Hall–Kier alpha value is -1.30. The molecular weight excluding hydrogens is 299 g/mol. The van der Waals surface area contributed by atoms with Gasteiger partial charge in [-0.05, 0) is 53.0 Å². The van der Waals surface area contributed by atoms with Crippen LogP contribution in [-0.2, 0) is 0 Å². The minimum Gasteiger partial charge on any atom is -0.0907 e. The summed E-state index contributed by atoms with van der Waals surface area (Å²) in [6.45, 7) is 12.1. The number of rotatable bonds is 3. The lowest BCUT2D eigenvalue weighted by atomic mass is 10.2.